The summed E-state index contributed by atoms with van der Waals surface area (Å²) in [6, 6.07) is 4.38. The average Bonchev–Trinajstić information content (AvgIpc) is 2.36. The maximum absolute atomic E-state index is 13.5. The SMILES string of the molecule is CC(C)c1cc(Oc2cc(F)c(Br)cc2N)ncn1. The van der Waals surface area contributed by atoms with Crippen molar-refractivity contribution in [2.24, 2.45) is 0 Å². The summed E-state index contributed by atoms with van der Waals surface area (Å²) in [5, 5.41) is 0. The summed E-state index contributed by atoms with van der Waals surface area (Å²) >= 11 is 3.06. The Morgan fingerprint density at radius 1 is 1.26 bits per heavy atom. The highest BCUT2D eigenvalue weighted by atomic mass is 79.9. The van der Waals surface area contributed by atoms with E-state index in [0.717, 1.165) is 5.69 Å². The molecular weight excluding hydrogens is 313 g/mol. The van der Waals surface area contributed by atoms with Crippen molar-refractivity contribution < 1.29 is 9.13 Å². The number of halogens is 2. The van der Waals surface area contributed by atoms with Gasteiger partial charge in [-0.25, -0.2) is 14.4 Å². The number of hydrogen-bond acceptors (Lipinski definition) is 4. The molecule has 0 radical (unpaired) electrons. The second-order valence-corrected chi connectivity index (χ2v) is 5.20. The standard InChI is InChI=1S/C13H13BrFN3O/c1-7(2)11-5-13(18-6-17-11)19-12-4-9(15)8(14)3-10(12)16/h3-7H,16H2,1-2H3. The van der Waals surface area contributed by atoms with Crippen LogP contribution in [-0.2, 0) is 0 Å². The smallest absolute Gasteiger partial charge is 0.222 e. The monoisotopic (exact) mass is 325 g/mol. The third-order valence-electron chi connectivity index (χ3n) is 2.52. The lowest BCUT2D eigenvalue weighted by atomic mass is 10.1. The molecule has 19 heavy (non-hydrogen) atoms. The van der Waals surface area contributed by atoms with Gasteiger partial charge in [0.1, 0.15) is 12.1 Å². The normalized spacial score (nSPS) is 10.8. The van der Waals surface area contributed by atoms with Crippen LogP contribution in [0.5, 0.6) is 11.6 Å². The molecule has 0 unspecified atom stereocenters. The summed E-state index contributed by atoms with van der Waals surface area (Å²) in [7, 11) is 0. The van der Waals surface area contributed by atoms with Crippen LogP contribution in [0.25, 0.3) is 0 Å². The summed E-state index contributed by atoms with van der Waals surface area (Å²) in [6.45, 7) is 4.03. The highest BCUT2D eigenvalue weighted by Gasteiger charge is 2.10. The maximum atomic E-state index is 13.5. The lowest BCUT2D eigenvalue weighted by molar-refractivity contribution is 0.456. The van der Waals surface area contributed by atoms with E-state index in [1.165, 1.54) is 18.5 Å². The van der Waals surface area contributed by atoms with Crippen LogP contribution in [0.4, 0.5) is 10.1 Å². The number of nitrogen functional groups attached to an aromatic ring is 1. The minimum Gasteiger partial charge on any atom is -0.437 e. The molecule has 0 spiro atoms. The molecule has 0 bridgehead atoms. The van der Waals surface area contributed by atoms with Crippen molar-refractivity contribution in [2.75, 3.05) is 5.73 Å². The number of hydrogen-bond donors (Lipinski definition) is 1. The molecule has 100 valence electrons. The van der Waals surface area contributed by atoms with E-state index in [1.54, 1.807) is 6.07 Å². The molecule has 0 fully saturated rings. The zero-order chi connectivity index (χ0) is 14.0. The van der Waals surface area contributed by atoms with Crippen LogP contribution in [0.3, 0.4) is 0 Å². The van der Waals surface area contributed by atoms with Crippen molar-refractivity contribution >= 4 is 21.6 Å². The van der Waals surface area contributed by atoms with E-state index in [4.69, 9.17) is 10.5 Å². The highest BCUT2D eigenvalue weighted by Crippen LogP contribution is 2.31. The van der Waals surface area contributed by atoms with E-state index >= 15 is 0 Å². The maximum Gasteiger partial charge on any atom is 0.222 e. The summed E-state index contributed by atoms with van der Waals surface area (Å²) in [6.07, 6.45) is 1.41. The molecule has 2 N–H and O–H groups in total. The second kappa shape index (κ2) is 5.52. The van der Waals surface area contributed by atoms with E-state index in [9.17, 15) is 4.39 Å². The van der Waals surface area contributed by atoms with E-state index in [0.29, 0.717) is 16.0 Å². The quantitative estimate of drug-likeness (QED) is 0.870. The molecule has 1 aromatic heterocycles. The fourth-order valence-electron chi connectivity index (χ4n) is 1.47. The van der Waals surface area contributed by atoms with Crippen LogP contribution in [0.1, 0.15) is 25.5 Å². The second-order valence-electron chi connectivity index (χ2n) is 4.34. The number of anilines is 1. The van der Waals surface area contributed by atoms with Gasteiger partial charge in [-0.15, -0.1) is 0 Å². The van der Waals surface area contributed by atoms with Gasteiger partial charge >= 0.3 is 0 Å². The predicted molar refractivity (Wildman–Crippen MR) is 74.7 cm³/mol. The number of rotatable bonds is 3. The molecule has 4 nitrogen and oxygen atoms in total. The first-order chi connectivity index (χ1) is 8.97. The number of aromatic nitrogens is 2. The first-order valence-corrected chi connectivity index (χ1v) is 6.51. The molecule has 0 saturated heterocycles. The van der Waals surface area contributed by atoms with Gasteiger partial charge in [0.25, 0.3) is 0 Å². The van der Waals surface area contributed by atoms with Crippen molar-refractivity contribution in [3.8, 4) is 11.6 Å². The zero-order valence-corrected chi connectivity index (χ0v) is 12.1. The number of nitrogens with two attached hydrogens (primary N) is 1. The molecule has 0 saturated carbocycles. The van der Waals surface area contributed by atoms with E-state index in [1.807, 2.05) is 13.8 Å². The summed E-state index contributed by atoms with van der Waals surface area (Å²) in [5.74, 6) is 0.382. The summed E-state index contributed by atoms with van der Waals surface area (Å²) < 4.78 is 19.2. The summed E-state index contributed by atoms with van der Waals surface area (Å²) in [4.78, 5) is 8.12. The molecule has 2 aromatic rings. The van der Waals surface area contributed by atoms with Gasteiger partial charge in [0.05, 0.1) is 15.9 Å². The van der Waals surface area contributed by atoms with Crippen LogP contribution < -0.4 is 10.5 Å². The Morgan fingerprint density at radius 2 is 2.00 bits per heavy atom. The number of nitrogens with zero attached hydrogens (tertiary/aromatic N) is 2. The fourth-order valence-corrected chi connectivity index (χ4v) is 1.83. The van der Waals surface area contributed by atoms with Gasteiger partial charge in [0.15, 0.2) is 5.75 Å². The lowest BCUT2D eigenvalue weighted by Crippen LogP contribution is -1.98. The predicted octanol–water partition coefficient (Wildman–Crippen LogP) is 3.88. The number of ether oxygens (including phenoxy) is 1. The molecule has 6 heteroatoms. The van der Waals surface area contributed by atoms with Crippen LogP contribution in [0, 0.1) is 5.82 Å². The fraction of sp³-hybridized carbons (Fsp3) is 0.231. The minimum atomic E-state index is -0.442. The lowest BCUT2D eigenvalue weighted by Gasteiger charge is -2.10. The van der Waals surface area contributed by atoms with Gasteiger partial charge in [-0.2, -0.15) is 0 Å². The largest absolute Gasteiger partial charge is 0.437 e. The van der Waals surface area contributed by atoms with Crippen molar-refractivity contribution in [1.82, 2.24) is 9.97 Å². The molecule has 0 aliphatic heterocycles. The first kappa shape index (κ1) is 13.7. The first-order valence-electron chi connectivity index (χ1n) is 5.71. The zero-order valence-electron chi connectivity index (χ0n) is 10.5. The van der Waals surface area contributed by atoms with Crippen LogP contribution in [-0.4, -0.2) is 9.97 Å². The topological polar surface area (TPSA) is 61.0 Å². The Morgan fingerprint density at radius 3 is 2.68 bits per heavy atom. The van der Waals surface area contributed by atoms with Gasteiger partial charge in [-0.3, -0.25) is 0 Å². The average molecular weight is 326 g/mol. The van der Waals surface area contributed by atoms with Crippen LogP contribution in [0.15, 0.2) is 29.0 Å². The Balaban J connectivity index is 2.31. The van der Waals surface area contributed by atoms with Crippen molar-refractivity contribution in [1.29, 1.82) is 0 Å². The third kappa shape index (κ3) is 3.20. The van der Waals surface area contributed by atoms with E-state index < -0.39 is 5.82 Å². The Kier molecular flexibility index (Phi) is 3.99. The molecule has 0 aliphatic rings. The van der Waals surface area contributed by atoms with Gasteiger partial charge in [0, 0.05) is 12.1 Å². The molecule has 1 aromatic carbocycles. The molecule has 0 amide bonds. The minimum absolute atomic E-state index is 0.231. The third-order valence-corrected chi connectivity index (χ3v) is 3.13. The van der Waals surface area contributed by atoms with Crippen molar-refractivity contribution in [3.63, 3.8) is 0 Å². The molecule has 1 heterocycles. The van der Waals surface area contributed by atoms with Gasteiger partial charge in [-0.05, 0) is 27.9 Å². The van der Waals surface area contributed by atoms with Gasteiger partial charge in [0.2, 0.25) is 5.88 Å². The molecule has 0 aliphatic carbocycles. The van der Waals surface area contributed by atoms with E-state index in [2.05, 4.69) is 25.9 Å². The van der Waals surface area contributed by atoms with E-state index in [-0.39, 0.29) is 11.7 Å². The Hall–Kier alpha value is -1.69. The Bertz CT molecular complexity index is 604. The molecule has 0 atom stereocenters. The Labute approximate surface area is 119 Å². The highest BCUT2D eigenvalue weighted by molar-refractivity contribution is 9.10. The summed E-state index contributed by atoms with van der Waals surface area (Å²) in [5.41, 5.74) is 6.95. The molecular formula is C13H13BrFN3O. The molecule has 2 rings (SSSR count). The number of benzene rings is 1. The van der Waals surface area contributed by atoms with Crippen LogP contribution >= 0.6 is 15.9 Å². The van der Waals surface area contributed by atoms with Crippen molar-refractivity contribution in [2.45, 2.75) is 19.8 Å². The van der Waals surface area contributed by atoms with Gasteiger partial charge in [-0.1, -0.05) is 13.8 Å². The van der Waals surface area contributed by atoms with Crippen molar-refractivity contribution in [3.05, 3.63) is 40.5 Å². The van der Waals surface area contributed by atoms with Crippen LogP contribution in [0.2, 0.25) is 0 Å². The van der Waals surface area contributed by atoms with Gasteiger partial charge < -0.3 is 10.5 Å².